The topological polar surface area (TPSA) is 54.0 Å². The summed E-state index contributed by atoms with van der Waals surface area (Å²) in [5, 5.41) is 6.28. The highest BCUT2D eigenvalue weighted by Crippen LogP contribution is 2.17. The molecule has 2 N–H and O–H groups in total. The first-order chi connectivity index (χ1) is 10.1. The third kappa shape index (κ3) is 4.05. The van der Waals surface area contributed by atoms with Crippen molar-refractivity contribution in [1.29, 1.82) is 0 Å². The van der Waals surface area contributed by atoms with Gasteiger partial charge in [-0.15, -0.1) is 0 Å². The maximum Gasteiger partial charge on any atom is 0.253 e. The van der Waals surface area contributed by atoms with Crippen LogP contribution < -0.4 is 10.6 Å². The third-order valence-corrected chi connectivity index (χ3v) is 3.09. The summed E-state index contributed by atoms with van der Waals surface area (Å²) in [5.41, 5.74) is 2.34. The van der Waals surface area contributed by atoms with E-state index in [0.29, 0.717) is 5.56 Å². The molecule has 1 aromatic carbocycles. The molecule has 0 aliphatic rings. The molecule has 1 heterocycles. The average Bonchev–Trinajstić information content (AvgIpc) is 2.48. The Hall–Kier alpha value is -2.36. The number of carbonyl (C=O) groups excluding carboxylic acids is 1. The Morgan fingerprint density at radius 2 is 1.76 bits per heavy atom. The van der Waals surface area contributed by atoms with E-state index >= 15 is 0 Å². The van der Waals surface area contributed by atoms with E-state index in [1.807, 2.05) is 63.2 Å². The van der Waals surface area contributed by atoms with E-state index in [1.165, 1.54) is 0 Å². The number of nitrogens with one attached hydrogen (secondary N) is 2. The zero-order valence-electron chi connectivity index (χ0n) is 12.6. The van der Waals surface area contributed by atoms with E-state index in [0.717, 1.165) is 11.4 Å². The van der Waals surface area contributed by atoms with Gasteiger partial charge in [-0.1, -0.05) is 18.2 Å². The predicted molar refractivity (Wildman–Crippen MR) is 85.3 cm³/mol. The normalized spacial score (nSPS) is 12.0. The lowest BCUT2D eigenvalue weighted by atomic mass is 10.1. The SMILES string of the molecule is CC(C)Nc1ccccc1C(=O)N[C@@H](C)c1ccccn1. The number of hydrogen-bond acceptors (Lipinski definition) is 3. The molecular weight excluding hydrogens is 262 g/mol. The zero-order chi connectivity index (χ0) is 15.2. The summed E-state index contributed by atoms with van der Waals surface area (Å²) < 4.78 is 0. The van der Waals surface area contributed by atoms with Crippen LogP contribution in [0.2, 0.25) is 0 Å². The second kappa shape index (κ2) is 6.88. The molecule has 0 aliphatic heterocycles. The van der Waals surface area contributed by atoms with Gasteiger partial charge in [-0.2, -0.15) is 0 Å². The van der Waals surface area contributed by atoms with E-state index in [4.69, 9.17) is 0 Å². The third-order valence-electron chi connectivity index (χ3n) is 3.09. The molecule has 110 valence electrons. The van der Waals surface area contributed by atoms with E-state index in [-0.39, 0.29) is 18.0 Å². The summed E-state index contributed by atoms with van der Waals surface area (Å²) in [6.07, 6.45) is 1.73. The van der Waals surface area contributed by atoms with Crippen LogP contribution >= 0.6 is 0 Å². The van der Waals surface area contributed by atoms with Crippen molar-refractivity contribution in [2.75, 3.05) is 5.32 Å². The minimum Gasteiger partial charge on any atom is -0.382 e. The molecule has 1 amide bonds. The molecule has 1 atom stereocenters. The number of amides is 1. The molecule has 21 heavy (non-hydrogen) atoms. The van der Waals surface area contributed by atoms with Crippen molar-refractivity contribution in [2.24, 2.45) is 0 Å². The van der Waals surface area contributed by atoms with Crippen LogP contribution in [-0.2, 0) is 0 Å². The van der Waals surface area contributed by atoms with Crippen LogP contribution in [0.4, 0.5) is 5.69 Å². The van der Waals surface area contributed by atoms with Gasteiger partial charge in [0.2, 0.25) is 0 Å². The lowest BCUT2D eigenvalue weighted by Gasteiger charge is -2.17. The minimum absolute atomic E-state index is 0.100. The summed E-state index contributed by atoms with van der Waals surface area (Å²) in [7, 11) is 0. The predicted octanol–water partition coefficient (Wildman–Crippen LogP) is 3.39. The molecule has 0 spiro atoms. The molecule has 0 saturated carbocycles. The fraction of sp³-hybridized carbons (Fsp3) is 0.294. The largest absolute Gasteiger partial charge is 0.382 e. The van der Waals surface area contributed by atoms with E-state index < -0.39 is 0 Å². The molecule has 0 radical (unpaired) electrons. The Kier molecular flexibility index (Phi) is 4.93. The van der Waals surface area contributed by atoms with Gasteiger partial charge in [-0.3, -0.25) is 9.78 Å². The standard InChI is InChI=1S/C17H21N3O/c1-12(2)19-16-10-5-4-8-14(16)17(21)20-13(3)15-9-6-7-11-18-15/h4-13,19H,1-3H3,(H,20,21)/t13-/m0/s1. The van der Waals surface area contributed by atoms with Gasteiger partial charge >= 0.3 is 0 Å². The maximum absolute atomic E-state index is 12.5. The monoisotopic (exact) mass is 283 g/mol. The fourth-order valence-electron chi connectivity index (χ4n) is 2.10. The molecular formula is C17H21N3O. The Labute approximate surface area is 125 Å². The Morgan fingerprint density at radius 3 is 2.43 bits per heavy atom. The summed E-state index contributed by atoms with van der Waals surface area (Å²) in [6.45, 7) is 6.02. The smallest absolute Gasteiger partial charge is 0.253 e. The molecule has 2 aromatic rings. The van der Waals surface area contributed by atoms with Gasteiger partial charge in [0.05, 0.1) is 17.3 Å². The second-order valence-electron chi connectivity index (χ2n) is 5.29. The van der Waals surface area contributed by atoms with Crippen molar-refractivity contribution in [3.63, 3.8) is 0 Å². The number of para-hydroxylation sites is 1. The van der Waals surface area contributed by atoms with Crippen LogP contribution in [0, 0.1) is 0 Å². The molecule has 0 aliphatic carbocycles. The number of hydrogen-bond donors (Lipinski definition) is 2. The minimum atomic E-state index is -0.134. The van der Waals surface area contributed by atoms with Crippen LogP contribution in [0.15, 0.2) is 48.7 Å². The number of nitrogens with zero attached hydrogens (tertiary/aromatic N) is 1. The quantitative estimate of drug-likeness (QED) is 0.884. The number of rotatable bonds is 5. The first kappa shape index (κ1) is 15.0. The molecule has 2 rings (SSSR count). The number of anilines is 1. The lowest BCUT2D eigenvalue weighted by molar-refractivity contribution is 0.0940. The van der Waals surface area contributed by atoms with Crippen LogP contribution in [0.5, 0.6) is 0 Å². The lowest BCUT2D eigenvalue weighted by Crippen LogP contribution is -2.28. The first-order valence-electron chi connectivity index (χ1n) is 7.15. The molecule has 0 fully saturated rings. The van der Waals surface area contributed by atoms with Gasteiger partial charge in [-0.05, 0) is 45.0 Å². The highest BCUT2D eigenvalue weighted by molar-refractivity contribution is 5.99. The number of benzene rings is 1. The van der Waals surface area contributed by atoms with Crippen molar-refractivity contribution in [3.05, 3.63) is 59.9 Å². The van der Waals surface area contributed by atoms with Gasteiger partial charge in [0.1, 0.15) is 0 Å². The first-order valence-corrected chi connectivity index (χ1v) is 7.15. The summed E-state index contributed by atoms with van der Waals surface area (Å²) in [6, 6.07) is 13.3. The second-order valence-corrected chi connectivity index (χ2v) is 5.29. The van der Waals surface area contributed by atoms with Crippen molar-refractivity contribution in [2.45, 2.75) is 32.9 Å². The van der Waals surface area contributed by atoms with Gasteiger partial charge < -0.3 is 10.6 Å². The fourth-order valence-corrected chi connectivity index (χ4v) is 2.10. The van der Waals surface area contributed by atoms with Crippen LogP contribution in [0.25, 0.3) is 0 Å². The van der Waals surface area contributed by atoms with Crippen LogP contribution in [0.3, 0.4) is 0 Å². The van der Waals surface area contributed by atoms with E-state index in [1.54, 1.807) is 6.20 Å². The van der Waals surface area contributed by atoms with Crippen molar-refractivity contribution in [1.82, 2.24) is 10.3 Å². The van der Waals surface area contributed by atoms with Gasteiger partial charge in [0, 0.05) is 17.9 Å². The van der Waals surface area contributed by atoms with Gasteiger partial charge in [0.25, 0.3) is 5.91 Å². The molecule has 1 aromatic heterocycles. The maximum atomic E-state index is 12.5. The summed E-state index contributed by atoms with van der Waals surface area (Å²) >= 11 is 0. The zero-order valence-corrected chi connectivity index (χ0v) is 12.6. The molecule has 0 bridgehead atoms. The molecule has 0 saturated heterocycles. The number of aromatic nitrogens is 1. The van der Waals surface area contributed by atoms with Crippen molar-refractivity contribution < 1.29 is 4.79 Å². The van der Waals surface area contributed by atoms with Gasteiger partial charge in [-0.25, -0.2) is 0 Å². The highest BCUT2D eigenvalue weighted by Gasteiger charge is 2.15. The van der Waals surface area contributed by atoms with Crippen LogP contribution in [-0.4, -0.2) is 16.9 Å². The van der Waals surface area contributed by atoms with E-state index in [2.05, 4.69) is 15.6 Å². The van der Waals surface area contributed by atoms with Crippen molar-refractivity contribution >= 4 is 11.6 Å². The number of carbonyl (C=O) groups is 1. The van der Waals surface area contributed by atoms with E-state index in [9.17, 15) is 4.79 Å². The van der Waals surface area contributed by atoms with Crippen LogP contribution in [0.1, 0.15) is 42.9 Å². The van der Waals surface area contributed by atoms with Gasteiger partial charge in [0.15, 0.2) is 0 Å². The average molecular weight is 283 g/mol. The molecule has 4 heteroatoms. The Bertz CT molecular complexity index is 596. The Balaban J connectivity index is 2.14. The molecule has 0 unspecified atom stereocenters. The highest BCUT2D eigenvalue weighted by atomic mass is 16.1. The van der Waals surface area contributed by atoms with Crippen molar-refractivity contribution in [3.8, 4) is 0 Å². The molecule has 4 nitrogen and oxygen atoms in total. The Morgan fingerprint density at radius 1 is 1.05 bits per heavy atom. The summed E-state index contributed by atoms with van der Waals surface area (Å²) in [4.78, 5) is 16.7. The number of pyridine rings is 1. The summed E-state index contributed by atoms with van der Waals surface area (Å²) in [5.74, 6) is -0.100.